The average Bonchev–Trinajstić information content (AvgIpc) is 2.39. The topological polar surface area (TPSA) is 47.3 Å². The molecule has 4 heteroatoms. The summed E-state index contributed by atoms with van der Waals surface area (Å²) in [6, 6.07) is 0. The molecular weight excluding hydrogens is 160 g/mol. The number of nitrogens with one attached hydrogen (secondary N) is 1. The van der Waals surface area contributed by atoms with E-state index >= 15 is 0 Å². The predicted octanol–water partition coefficient (Wildman–Crippen LogP) is 0.246. The largest absolute Gasteiger partial charge is 0.381 e. The van der Waals surface area contributed by atoms with Gasteiger partial charge in [-0.15, -0.1) is 0 Å². The molecule has 1 aliphatic heterocycles. The van der Waals surface area contributed by atoms with Crippen LogP contribution in [0.2, 0.25) is 0 Å². The van der Waals surface area contributed by atoms with Gasteiger partial charge in [0, 0.05) is 19.8 Å². The van der Waals surface area contributed by atoms with E-state index < -0.39 is 0 Å². The van der Waals surface area contributed by atoms with Gasteiger partial charge in [0.1, 0.15) is 0 Å². The first kappa shape index (κ1) is 8.74. The molecule has 1 saturated heterocycles. The highest BCUT2D eigenvalue weighted by molar-refractivity contribution is 7.80. The lowest BCUT2D eigenvalue weighted by Gasteiger charge is -2.07. The van der Waals surface area contributed by atoms with E-state index in [0.29, 0.717) is 11.0 Å². The van der Waals surface area contributed by atoms with E-state index in [1.54, 1.807) is 0 Å². The molecule has 64 valence electrons. The second-order valence-corrected chi connectivity index (χ2v) is 3.25. The predicted molar refractivity (Wildman–Crippen MR) is 48.3 cm³/mol. The summed E-state index contributed by atoms with van der Waals surface area (Å²) in [4.78, 5) is 0. The molecule has 0 radical (unpaired) electrons. The van der Waals surface area contributed by atoms with Crippen LogP contribution >= 0.6 is 12.2 Å². The van der Waals surface area contributed by atoms with E-state index in [4.69, 9.17) is 10.5 Å². The molecule has 0 amide bonds. The van der Waals surface area contributed by atoms with E-state index in [-0.39, 0.29) is 0 Å². The van der Waals surface area contributed by atoms with Gasteiger partial charge in [-0.05, 0) is 31.0 Å². The minimum absolute atomic E-state index is 0.393. The fourth-order valence-electron chi connectivity index (χ4n) is 1.21. The van der Waals surface area contributed by atoms with Crippen molar-refractivity contribution in [3.8, 4) is 0 Å². The Hall–Kier alpha value is -0.350. The molecule has 1 unspecified atom stereocenters. The smallest absolute Gasteiger partial charge is 0.163 e. The second-order valence-electron chi connectivity index (χ2n) is 2.81. The highest BCUT2D eigenvalue weighted by Gasteiger charge is 2.14. The molecule has 3 N–H and O–H groups in total. The highest BCUT2D eigenvalue weighted by Crippen LogP contribution is 2.14. The number of nitrogens with two attached hydrogens (primary N) is 1. The molecule has 0 aromatic rings. The maximum atomic E-state index is 5.27. The Balaban J connectivity index is 1.98. The number of hydrogen-bond donors (Lipinski definition) is 2. The summed E-state index contributed by atoms with van der Waals surface area (Å²) in [5.74, 6) is 0.705. The molecule has 0 aromatic carbocycles. The third-order valence-corrected chi connectivity index (χ3v) is 2.02. The van der Waals surface area contributed by atoms with Gasteiger partial charge in [-0.3, -0.25) is 0 Å². The van der Waals surface area contributed by atoms with E-state index in [9.17, 15) is 0 Å². The summed E-state index contributed by atoms with van der Waals surface area (Å²) >= 11 is 4.67. The van der Waals surface area contributed by atoms with Crippen molar-refractivity contribution in [1.29, 1.82) is 0 Å². The molecule has 1 heterocycles. The van der Waals surface area contributed by atoms with Crippen molar-refractivity contribution >= 4 is 17.3 Å². The van der Waals surface area contributed by atoms with Crippen LogP contribution in [0.25, 0.3) is 0 Å². The second kappa shape index (κ2) is 4.51. The van der Waals surface area contributed by atoms with Crippen molar-refractivity contribution in [2.75, 3.05) is 19.8 Å². The Morgan fingerprint density at radius 1 is 1.73 bits per heavy atom. The van der Waals surface area contributed by atoms with Crippen LogP contribution in [-0.4, -0.2) is 24.9 Å². The van der Waals surface area contributed by atoms with E-state index in [1.165, 1.54) is 6.42 Å². The van der Waals surface area contributed by atoms with Crippen molar-refractivity contribution < 1.29 is 4.74 Å². The van der Waals surface area contributed by atoms with E-state index in [0.717, 1.165) is 26.2 Å². The Labute approximate surface area is 72.3 Å². The highest BCUT2D eigenvalue weighted by atomic mass is 32.1. The number of thiocarbonyl (C=S) groups is 1. The van der Waals surface area contributed by atoms with E-state index in [1.807, 2.05) is 0 Å². The summed E-state index contributed by atoms with van der Waals surface area (Å²) in [5.41, 5.74) is 5.27. The lowest BCUT2D eigenvalue weighted by atomic mass is 10.1. The minimum Gasteiger partial charge on any atom is -0.381 e. The zero-order chi connectivity index (χ0) is 8.10. The van der Waals surface area contributed by atoms with Gasteiger partial charge in [0.05, 0.1) is 0 Å². The molecule has 1 atom stereocenters. The minimum atomic E-state index is 0.393. The quantitative estimate of drug-likeness (QED) is 0.602. The first-order valence-corrected chi connectivity index (χ1v) is 4.31. The van der Waals surface area contributed by atoms with Crippen LogP contribution in [0.5, 0.6) is 0 Å². The summed E-state index contributed by atoms with van der Waals surface area (Å²) in [6.07, 6.45) is 2.29. The Bertz CT molecular complexity index is 134. The van der Waals surface area contributed by atoms with Crippen LogP contribution in [-0.2, 0) is 4.74 Å². The Kier molecular flexibility index (Phi) is 3.59. The van der Waals surface area contributed by atoms with Crippen LogP contribution in [0.15, 0.2) is 0 Å². The zero-order valence-corrected chi connectivity index (χ0v) is 7.32. The van der Waals surface area contributed by atoms with Crippen LogP contribution in [0.4, 0.5) is 0 Å². The molecular formula is C7H14N2OS. The molecule has 1 fully saturated rings. The fourth-order valence-corrected chi connectivity index (χ4v) is 1.31. The summed E-state index contributed by atoms with van der Waals surface area (Å²) in [5, 5.41) is 3.32. The molecule has 3 nitrogen and oxygen atoms in total. The van der Waals surface area contributed by atoms with Crippen LogP contribution < -0.4 is 11.1 Å². The van der Waals surface area contributed by atoms with Gasteiger partial charge in [0.15, 0.2) is 5.11 Å². The molecule has 11 heavy (non-hydrogen) atoms. The van der Waals surface area contributed by atoms with Gasteiger partial charge < -0.3 is 15.8 Å². The van der Waals surface area contributed by atoms with E-state index in [2.05, 4.69) is 17.5 Å². The van der Waals surface area contributed by atoms with Crippen molar-refractivity contribution in [2.45, 2.75) is 12.8 Å². The van der Waals surface area contributed by atoms with Crippen LogP contribution in [0, 0.1) is 5.92 Å². The van der Waals surface area contributed by atoms with Crippen molar-refractivity contribution in [3.63, 3.8) is 0 Å². The molecule has 0 bridgehead atoms. The first-order valence-electron chi connectivity index (χ1n) is 3.90. The third-order valence-electron chi connectivity index (χ3n) is 1.88. The van der Waals surface area contributed by atoms with Gasteiger partial charge >= 0.3 is 0 Å². The summed E-state index contributed by atoms with van der Waals surface area (Å²) < 4.78 is 5.22. The number of hydrogen-bond acceptors (Lipinski definition) is 2. The monoisotopic (exact) mass is 174 g/mol. The maximum Gasteiger partial charge on any atom is 0.163 e. The van der Waals surface area contributed by atoms with Gasteiger partial charge in [-0.1, -0.05) is 0 Å². The van der Waals surface area contributed by atoms with Crippen LogP contribution in [0.1, 0.15) is 12.8 Å². The summed E-state index contributed by atoms with van der Waals surface area (Å²) in [6.45, 7) is 2.69. The summed E-state index contributed by atoms with van der Waals surface area (Å²) in [7, 11) is 0. The van der Waals surface area contributed by atoms with Crippen LogP contribution in [0.3, 0.4) is 0 Å². The first-order chi connectivity index (χ1) is 5.29. The lowest BCUT2D eigenvalue weighted by molar-refractivity contribution is 0.184. The lowest BCUT2D eigenvalue weighted by Crippen LogP contribution is -2.30. The van der Waals surface area contributed by atoms with Gasteiger partial charge in [0.25, 0.3) is 0 Å². The average molecular weight is 174 g/mol. The normalized spacial score (nSPS) is 23.5. The molecule has 0 saturated carbocycles. The molecule has 0 spiro atoms. The fraction of sp³-hybridized carbons (Fsp3) is 0.857. The zero-order valence-electron chi connectivity index (χ0n) is 6.51. The Morgan fingerprint density at radius 3 is 3.09 bits per heavy atom. The van der Waals surface area contributed by atoms with Gasteiger partial charge in [-0.2, -0.15) is 0 Å². The molecule has 1 aliphatic rings. The van der Waals surface area contributed by atoms with Crippen molar-refractivity contribution in [2.24, 2.45) is 11.7 Å². The number of ether oxygens (including phenoxy) is 1. The van der Waals surface area contributed by atoms with Crippen molar-refractivity contribution in [3.05, 3.63) is 0 Å². The standard InChI is InChI=1S/C7H14N2OS/c8-7(11)9-3-1-6-2-4-10-5-6/h6H,1-5H2,(H3,8,9,11). The third kappa shape index (κ3) is 3.53. The molecule has 1 rings (SSSR count). The number of rotatable bonds is 3. The maximum absolute atomic E-state index is 5.27. The van der Waals surface area contributed by atoms with Gasteiger partial charge in [0.2, 0.25) is 0 Å². The molecule has 0 aliphatic carbocycles. The SMILES string of the molecule is NC(=S)NCCC1CCOC1. The Morgan fingerprint density at radius 2 is 2.55 bits per heavy atom. The van der Waals surface area contributed by atoms with Crippen molar-refractivity contribution in [1.82, 2.24) is 5.32 Å². The van der Waals surface area contributed by atoms with Gasteiger partial charge in [-0.25, -0.2) is 0 Å². The molecule has 0 aromatic heterocycles.